The maximum atomic E-state index is 12.6. The van der Waals surface area contributed by atoms with Crippen LogP contribution in [0.25, 0.3) is 5.65 Å². The second-order valence-corrected chi connectivity index (χ2v) is 7.89. The van der Waals surface area contributed by atoms with Gasteiger partial charge in [0.05, 0.1) is 5.69 Å². The van der Waals surface area contributed by atoms with Gasteiger partial charge in [0.25, 0.3) is 5.56 Å². The Morgan fingerprint density at radius 2 is 2.13 bits per heavy atom. The molecule has 3 aromatic rings. The molecule has 0 fully saturated rings. The second kappa shape index (κ2) is 9.67. The van der Waals surface area contributed by atoms with Crippen LogP contribution in [-0.2, 0) is 25.8 Å². The van der Waals surface area contributed by atoms with Crippen LogP contribution in [0.2, 0.25) is 0 Å². The van der Waals surface area contributed by atoms with Crippen molar-refractivity contribution in [3.63, 3.8) is 0 Å². The second-order valence-electron chi connectivity index (χ2n) is 6.90. The summed E-state index contributed by atoms with van der Waals surface area (Å²) in [6.07, 6.45) is 5.92. The third-order valence-corrected chi connectivity index (χ3v) is 5.69. The van der Waals surface area contributed by atoms with Crippen LogP contribution in [0.5, 0.6) is 0 Å². The average Bonchev–Trinajstić information content (AvgIpc) is 3.12. The molecule has 0 aliphatic carbocycles. The van der Waals surface area contributed by atoms with E-state index in [0.717, 1.165) is 35.4 Å². The van der Waals surface area contributed by atoms with Crippen molar-refractivity contribution in [2.75, 3.05) is 29.6 Å². The Morgan fingerprint density at radius 1 is 1.33 bits per heavy atom. The highest BCUT2D eigenvalue weighted by molar-refractivity contribution is 7.98. The predicted octanol–water partition coefficient (Wildman–Crippen LogP) is 2.49. The largest absolute Gasteiger partial charge is 0.382 e. The number of aryl methyl sites for hydroxylation is 3. The van der Waals surface area contributed by atoms with E-state index in [1.54, 1.807) is 20.8 Å². The SMILES string of the molecule is CCc1nn2c(N)c(C#N)c(NCCc3cccn(CCSC)c3=O)nc2c1CC. The van der Waals surface area contributed by atoms with Gasteiger partial charge in [0.15, 0.2) is 5.65 Å². The van der Waals surface area contributed by atoms with Crippen LogP contribution in [0.15, 0.2) is 23.1 Å². The molecule has 9 heteroatoms. The van der Waals surface area contributed by atoms with Crippen molar-refractivity contribution in [1.82, 2.24) is 19.2 Å². The summed E-state index contributed by atoms with van der Waals surface area (Å²) in [5, 5.41) is 17.4. The van der Waals surface area contributed by atoms with Gasteiger partial charge in [-0.05, 0) is 31.6 Å². The van der Waals surface area contributed by atoms with Gasteiger partial charge in [-0.2, -0.15) is 26.6 Å². The number of nitriles is 1. The molecule has 3 heterocycles. The lowest BCUT2D eigenvalue weighted by Crippen LogP contribution is -2.25. The lowest BCUT2D eigenvalue weighted by molar-refractivity contribution is 0.722. The van der Waals surface area contributed by atoms with Gasteiger partial charge in [0.1, 0.15) is 23.3 Å². The molecule has 0 aliphatic rings. The highest BCUT2D eigenvalue weighted by Gasteiger charge is 2.19. The minimum Gasteiger partial charge on any atom is -0.382 e. The molecule has 0 radical (unpaired) electrons. The smallest absolute Gasteiger partial charge is 0.253 e. The van der Waals surface area contributed by atoms with E-state index in [1.165, 1.54) is 0 Å². The number of hydrogen-bond acceptors (Lipinski definition) is 7. The van der Waals surface area contributed by atoms with Crippen molar-refractivity contribution in [3.05, 3.63) is 51.1 Å². The van der Waals surface area contributed by atoms with Gasteiger partial charge in [-0.15, -0.1) is 0 Å². The number of nitrogens with one attached hydrogen (secondary N) is 1. The van der Waals surface area contributed by atoms with E-state index in [2.05, 4.69) is 28.4 Å². The maximum Gasteiger partial charge on any atom is 0.253 e. The quantitative estimate of drug-likeness (QED) is 0.541. The normalized spacial score (nSPS) is 11.0. The van der Waals surface area contributed by atoms with Crippen molar-refractivity contribution in [2.24, 2.45) is 0 Å². The molecule has 3 aromatic heterocycles. The number of fused-ring (bicyclic) bond motifs is 1. The number of thioether (sulfide) groups is 1. The van der Waals surface area contributed by atoms with Crippen molar-refractivity contribution in [2.45, 2.75) is 39.7 Å². The van der Waals surface area contributed by atoms with Crippen LogP contribution in [0.1, 0.15) is 36.2 Å². The molecule has 0 atom stereocenters. The number of hydrogen-bond donors (Lipinski definition) is 2. The Hall–Kier alpha value is -2.99. The first kappa shape index (κ1) is 21.7. The summed E-state index contributed by atoms with van der Waals surface area (Å²) in [7, 11) is 0. The molecular weight excluding hydrogens is 398 g/mol. The Labute approximate surface area is 180 Å². The number of nitrogens with zero attached hydrogens (tertiary/aromatic N) is 5. The fourth-order valence-electron chi connectivity index (χ4n) is 3.50. The third-order valence-electron chi connectivity index (χ3n) is 5.10. The highest BCUT2D eigenvalue weighted by atomic mass is 32.2. The topological polar surface area (TPSA) is 114 Å². The van der Waals surface area contributed by atoms with E-state index >= 15 is 0 Å². The minimum atomic E-state index is 0.0217. The number of nitrogen functional groups attached to an aromatic ring is 1. The molecule has 0 aliphatic heterocycles. The molecule has 3 rings (SSSR count). The first-order valence-corrected chi connectivity index (χ1v) is 11.5. The lowest BCUT2D eigenvalue weighted by atomic mass is 10.1. The number of nitrogens with two attached hydrogens (primary N) is 1. The van der Waals surface area contributed by atoms with Crippen LogP contribution in [0, 0.1) is 11.3 Å². The van der Waals surface area contributed by atoms with Crippen molar-refractivity contribution < 1.29 is 0 Å². The van der Waals surface area contributed by atoms with E-state index in [0.29, 0.717) is 31.0 Å². The minimum absolute atomic E-state index is 0.0217. The molecule has 0 saturated carbocycles. The van der Waals surface area contributed by atoms with Gasteiger partial charge in [-0.1, -0.05) is 19.9 Å². The molecule has 3 N–H and O–H groups in total. The molecular formula is C21H27N7OS. The zero-order valence-corrected chi connectivity index (χ0v) is 18.4. The monoisotopic (exact) mass is 425 g/mol. The predicted molar refractivity (Wildman–Crippen MR) is 122 cm³/mol. The van der Waals surface area contributed by atoms with E-state index < -0.39 is 0 Å². The lowest BCUT2D eigenvalue weighted by Gasteiger charge is -2.11. The average molecular weight is 426 g/mol. The Morgan fingerprint density at radius 3 is 2.80 bits per heavy atom. The Balaban J connectivity index is 1.86. The van der Waals surface area contributed by atoms with Gasteiger partial charge in [-0.25, -0.2) is 4.98 Å². The van der Waals surface area contributed by atoms with Gasteiger partial charge < -0.3 is 15.6 Å². The molecule has 158 valence electrons. The van der Waals surface area contributed by atoms with E-state index in [1.807, 2.05) is 31.5 Å². The first-order chi connectivity index (χ1) is 14.5. The number of anilines is 2. The zero-order chi connectivity index (χ0) is 21.7. The maximum absolute atomic E-state index is 12.6. The summed E-state index contributed by atoms with van der Waals surface area (Å²) in [4.78, 5) is 17.3. The molecule has 0 aromatic carbocycles. The standard InChI is InChI=1S/C21H27N7OS/c1-4-15-17(5-2)26-28-18(23)16(13-22)19(25-20(15)28)24-9-8-14-7-6-10-27(21(14)29)11-12-30-3/h6-7,10H,4-5,8-9,11-12,23H2,1-3H3,(H,24,25). The third kappa shape index (κ3) is 4.14. The van der Waals surface area contributed by atoms with Gasteiger partial charge in [0, 0.05) is 36.2 Å². The van der Waals surface area contributed by atoms with E-state index in [9.17, 15) is 10.1 Å². The zero-order valence-electron chi connectivity index (χ0n) is 17.6. The molecule has 0 unspecified atom stereocenters. The van der Waals surface area contributed by atoms with Crippen LogP contribution in [0.4, 0.5) is 11.6 Å². The summed E-state index contributed by atoms with van der Waals surface area (Å²) < 4.78 is 3.30. The van der Waals surface area contributed by atoms with Gasteiger partial charge in [0.2, 0.25) is 0 Å². The van der Waals surface area contributed by atoms with Crippen molar-refractivity contribution >= 4 is 29.0 Å². The Kier molecular flexibility index (Phi) is 7.00. The van der Waals surface area contributed by atoms with Crippen molar-refractivity contribution in [3.8, 4) is 6.07 Å². The highest BCUT2D eigenvalue weighted by Crippen LogP contribution is 2.25. The van der Waals surface area contributed by atoms with Crippen LogP contribution < -0.4 is 16.6 Å². The van der Waals surface area contributed by atoms with Crippen molar-refractivity contribution in [1.29, 1.82) is 5.26 Å². The number of rotatable bonds is 9. The Bertz CT molecular complexity index is 1140. The van der Waals surface area contributed by atoms with E-state index in [4.69, 9.17) is 5.73 Å². The van der Waals surface area contributed by atoms with Gasteiger partial charge in [-0.3, -0.25) is 4.79 Å². The summed E-state index contributed by atoms with van der Waals surface area (Å²) in [5.74, 6) is 1.60. The number of aromatic nitrogens is 4. The summed E-state index contributed by atoms with van der Waals surface area (Å²) >= 11 is 1.71. The van der Waals surface area contributed by atoms with Gasteiger partial charge >= 0.3 is 0 Å². The molecule has 0 bridgehead atoms. The van der Waals surface area contributed by atoms with E-state index in [-0.39, 0.29) is 16.9 Å². The molecule has 30 heavy (non-hydrogen) atoms. The first-order valence-electron chi connectivity index (χ1n) is 10.1. The summed E-state index contributed by atoms with van der Waals surface area (Å²) in [6, 6.07) is 5.87. The molecule has 0 spiro atoms. The van der Waals surface area contributed by atoms with Crippen LogP contribution >= 0.6 is 11.8 Å². The fraction of sp³-hybridized carbons (Fsp3) is 0.429. The summed E-state index contributed by atoms with van der Waals surface area (Å²) in [5.41, 5.74) is 9.90. The molecule has 0 amide bonds. The molecule has 0 saturated heterocycles. The summed E-state index contributed by atoms with van der Waals surface area (Å²) in [6.45, 7) is 5.24. The van der Waals surface area contributed by atoms with Crippen LogP contribution in [-0.4, -0.2) is 37.7 Å². The number of pyridine rings is 1. The fourth-order valence-corrected chi connectivity index (χ4v) is 3.88. The molecule has 8 nitrogen and oxygen atoms in total. The van der Waals surface area contributed by atoms with Crippen LogP contribution in [0.3, 0.4) is 0 Å².